The summed E-state index contributed by atoms with van der Waals surface area (Å²) in [5, 5.41) is 12.9. The van der Waals surface area contributed by atoms with Crippen molar-refractivity contribution in [2.45, 2.75) is 39.0 Å². The minimum Gasteiger partial charge on any atom is -0.497 e. The Morgan fingerprint density at radius 1 is 1.29 bits per heavy atom. The highest BCUT2D eigenvalue weighted by molar-refractivity contribution is 5.76. The second-order valence-electron chi connectivity index (χ2n) is 7.97. The van der Waals surface area contributed by atoms with Crippen molar-refractivity contribution >= 4 is 5.91 Å². The topological polar surface area (TPSA) is 80.3 Å². The molecule has 1 heterocycles. The van der Waals surface area contributed by atoms with E-state index in [4.69, 9.17) is 14.2 Å². The predicted molar refractivity (Wildman–Crippen MR) is 119 cm³/mol. The molecule has 0 spiro atoms. The molecule has 2 aromatic rings. The summed E-state index contributed by atoms with van der Waals surface area (Å²) in [6.45, 7) is 6.48. The molecule has 1 aliphatic rings. The zero-order valence-electron chi connectivity index (χ0n) is 18.5. The molecule has 7 nitrogen and oxygen atoms in total. The van der Waals surface area contributed by atoms with Crippen LogP contribution in [0.5, 0.6) is 17.2 Å². The molecule has 0 fully saturated rings. The van der Waals surface area contributed by atoms with E-state index in [-0.39, 0.29) is 25.2 Å². The monoisotopic (exact) mass is 428 g/mol. The molecular formula is C24H32N2O5. The van der Waals surface area contributed by atoms with Gasteiger partial charge in [-0.1, -0.05) is 23.8 Å². The van der Waals surface area contributed by atoms with E-state index in [1.807, 2.05) is 25.1 Å². The van der Waals surface area contributed by atoms with Crippen LogP contribution in [0.25, 0.3) is 0 Å². The number of nitrogens with zero attached hydrogens (tertiary/aromatic N) is 1. The Bertz CT molecular complexity index is 873. The average Bonchev–Trinajstić information content (AvgIpc) is 2.92. The molecular weight excluding hydrogens is 396 g/mol. The van der Waals surface area contributed by atoms with Crippen LogP contribution in [-0.4, -0.2) is 61.5 Å². The first kappa shape index (κ1) is 22.9. The maximum absolute atomic E-state index is 12.3. The molecule has 31 heavy (non-hydrogen) atoms. The number of ether oxygens (including phenoxy) is 3. The van der Waals surface area contributed by atoms with Gasteiger partial charge in [-0.05, 0) is 32.0 Å². The van der Waals surface area contributed by atoms with Crippen LogP contribution >= 0.6 is 0 Å². The van der Waals surface area contributed by atoms with Crippen molar-refractivity contribution in [3.05, 3.63) is 53.6 Å². The van der Waals surface area contributed by atoms with Gasteiger partial charge in [0.15, 0.2) is 0 Å². The number of fused-ring (bicyclic) bond motifs is 1. The van der Waals surface area contributed by atoms with Gasteiger partial charge in [0.1, 0.15) is 36.1 Å². The Morgan fingerprint density at radius 2 is 2.10 bits per heavy atom. The number of aliphatic hydroxyl groups excluding tert-OH is 1. The highest BCUT2D eigenvalue weighted by Gasteiger charge is 2.20. The first-order valence-electron chi connectivity index (χ1n) is 10.6. The van der Waals surface area contributed by atoms with Crippen molar-refractivity contribution in [2.24, 2.45) is 0 Å². The Morgan fingerprint density at radius 3 is 2.90 bits per heavy atom. The third kappa shape index (κ3) is 7.15. The smallest absolute Gasteiger partial charge is 0.221 e. The summed E-state index contributed by atoms with van der Waals surface area (Å²) in [5.74, 6) is 2.12. The lowest BCUT2D eigenvalue weighted by atomic mass is 10.1. The van der Waals surface area contributed by atoms with Crippen LogP contribution in [0.15, 0.2) is 42.5 Å². The van der Waals surface area contributed by atoms with Crippen LogP contribution in [-0.2, 0) is 11.3 Å². The van der Waals surface area contributed by atoms with E-state index in [0.717, 1.165) is 24.4 Å². The summed E-state index contributed by atoms with van der Waals surface area (Å²) >= 11 is 0. The number of amides is 1. The van der Waals surface area contributed by atoms with Gasteiger partial charge >= 0.3 is 0 Å². The van der Waals surface area contributed by atoms with Gasteiger partial charge in [-0.15, -0.1) is 0 Å². The lowest BCUT2D eigenvalue weighted by Crippen LogP contribution is -2.38. The normalized spacial score (nSPS) is 17.1. The molecule has 1 amide bonds. The molecule has 0 aromatic heterocycles. The largest absolute Gasteiger partial charge is 0.497 e. The van der Waals surface area contributed by atoms with E-state index in [1.54, 1.807) is 19.2 Å². The molecule has 168 valence electrons. The Balaban J connectivity index is 1.40. The first-order chi connectivity index (χ1) is 14.9. The molecule has 0 aliphatic carbocycles. The molecule has 0 radical (unpaired) electrons. The number of rotatable bonds is 9. The van der Waals surface area contributed by atoms with Crippen LogP contribution in [0, 0.1) is 6.92 Å². The minimum absolute atomic E-state index is 0.0580. The van der Waals surface area contributed by atoms with Crippen molar-refractivity contribution < 1.29 is 24.1 Å². The molecule has 3 rings (SSSR count). The first-order valence-corrected chi connectivity index (χ1v) is 10.6. The summed E-state index contributed by atoms with van der Waals surface area (Å²) in [4.78, 5) is 14.5. The number of hydrogen-bond donors (Lipinski definition) is 2. The van der Waals surface area contributed by atoms with Gasteiger partial charge in [-0.3, -0.25) is 9.69 Å². The summed E-state index contributed by atoms with van der Waals surface area (Å²) in [6, 6.07) is 13.4. The van der Waals surface area contributed by atoms with Gasteiger partial charge in [0, 0.05) is 44.2 Å². The van der Waals surface area contributed by atoms with Crippen molar-refractivity contribution in [1.82, 2.24) is 10.2 Å². The van der Waals surface area contributed by atoms with E-state index in [9.17, 15) is 9.90 Å². The van der Waals surface area contributed by atoms with Gasteiger partial charge in [-0.25, -0.2) is 0 Å². The van der Waals surface area contributed by atoms with Gasteiger partial charge in [0.05, 0.1) is 7.11 Å². The maximum atomic E-state index is 12.3. The number of carbonyl (C=O) groups excluding carboxylic acids is 1. The second kappa shape index (κ2) is 11.0. The molecule has 1 aliphatic heterocycles. The fourth-order valence-electron chi connectivity index (χ4n) is 3.56. The van der Waals surface area contributed by atoms with Gasteiger partial charge < -0.3 is 24.6 Å². The van der Waals surface area contributed by atoms with Gasteiger partial charge in [0.25, 0.3) is 0 Å². The fraction of sp³-hybridized carbons (Fsp3) is 0.458. The highest BCUT2D eigenvalue weighted by atomic mass is 16.5. The summed E-state index contributed by atoms with van der Waals surface area (Å²) < 4.78 is 16.7. The van der Waals surface area contributed by atoms with Crippen LogP contribution in [0.2, 0.25) is 0 Å². The average molecular weight is 429 g/mol. The van der Waals surface area contributed by atoms with E-state index in [2.05, 4.69) is 29.3 Å². The molecule has 0 unspecified atom stereocenters. The van der Waals surface area contributed by atoms with Crippen molar-refractivity contribution in [1.29, 1.82) is 0 Å². The van der Waals surface area contributed by atoms with E-state index in [1.165, 1.54) is 5.56 Å². The molecule has 0 bridgehead atoms. The van der Waals surface area contributed by atoms with Crippen molar-refractivity contribution in [3.8, 4) is 17.2 Å². The summed E-state index contributed by atoms with van der Waals surface area (Å²) in [7, 11) is 1.59. The molecule has 7 heteroatoms. The van der Waals surface area contributed by atoms with Gasteiger partial charge in [0.2, 0.25) is 5.91 Å². The minimum atomic E-state index is -0.795. The lowest BCUT2D eigenvalue weighted by Gasteiger charge is -2.21. The third-order valence-electron chi connectivity index (χ3n) is 5.13. The van der Waals surface area contributed by atoms with Crippen LogP contribution in [0.1, 0.15) is 24.5 Å². The Kier molecular flexibility index (Phi) is 8.14. The number of aliphatic hydroxyl groups is 1. The highest BCUT2D eigenvalue weighted by Crippen LogP contribution is 2.26. The van der Waals surface area contributed by atoms with Gasteiger partial charge in [-0.2, -0.15) is 0 Å². The van der Waals surface area contributed by atoms with Crippen LogP contribution in [0.4, 0.5) is 0 Å². The summed E-state index contributed by atoms with van der Waals surface area (Å²) in [6.07, 6.45) is -0.378. The Hall–Kier alpha value is -2.77. The van der Waals surface area contributed by atoms with Crippen LogP contribution < -0.4 is 19.5 Å². The molecule has 2 aromatic carbocycles. The number of benzene rings is 2. The number of nitrogens with one attached hydrogen (secondary N) is 1. The summed E-state index contributed by atoms with van der Waals surface area (Å²) in [5.41, 5.74) is 2.34. The van der Waals surface area contributed by atoms with Crippen molar-refractivity contribution in [2.75, 3.05) is 33.4 Å². The zero-order valence-corrected chi connectivity index (χ0v) is 18.5. The van der Waals surface area contributed by atoms with E-state index in [0.29, 0.717) is 24.5 Å². The standard InChI is InChI=1S/C24H32N2O5/c1-17-7-8-23-19(11-17)15-26(14-18(2)31-23)10-9-24(28)25-13-20(27)16-30-22-6-4-5-21(12-22)29-3/h4-8,11-12,18,20,27H,9-10,13-16H2,1-3H3,(H,25,28)/t18-,20+/m1/s1. The Labute approximate surface area is 183 Å². The van der Waals surface area contributed by atoms with E-state index >= 15 is 0 Å². The quantitative estimate of drug-likeness (QED) is 0.639. The number of carbonyl (C=O) groups is 1. The SMILES string of the molecule is COc1cccc(OC[C@@H](O)CNC(=O)CCN2Cc3cc(C)ccc3O[C@H](C)C2)c1. The second-order valence-corrected chi connectivity index (χ2v) is 7.97. The molecule has 0 saturated carbocycles. The molecule has 2 atom stereocenters. The number of methoxy groups -OCH3 is 1. The molecule has 2 N–H and O–H groups in total. The van der Waals surface area contributed by atoms with Crippen LogP contribution in [0.3, 0.4) is 0 Å². The number of aryl methyl sites for hydroxylation is 1. The predicted octanol–water partition coefficient (Wildman–Crippen LogP) is 2.53. The maximum Gasteiger partial charge on any atom is 0.221 e. The van der Waals surface area contributed by atoms with Crippen molar-refractivity contribution in [3.63, 3.8) is 0 Å². The fourth-order valence-corrected chi connectivity index (χ4v) is 3.56. The molecule has 0 saturated heterocycles. The third-order valence-corrected chi connectivity index (χ3v) is 5.13. The zero-order chi connectivity index (χ0) is 22.2. The van der Waals surface area contributed by atoms with E-state index < -0.39 is 6.10 Å². The number of hydrogen-bond acceptors (Lipinski definition) is 6. The lowest BCUT2D eigenvalue weighted by molar-refractivity contribution is -0.122.